The highest BCUT2D eigenvalue weighted by Crippen LogP contribution is 2.61. The Morgan fingerprint density at radius 1 is 0.915 bits per heavy atom. The lowest BCUT2D eigenvalue weighted by Gasteiger charge is -2.54. The molecule has 4 aromatic rings. The van der Waals surface area contributed by atoms with Gasteiger partial charge in [-0.1, -0.05) is 96.1 Å². The van der Waals surface area contributed by atoms with Crippen LogP contribution >= 0.6 is 11.6 Å². The van der Waals surface area contributed by atoms with Crippen LogP contribution < -0.4 is 14.5 Å². The summed E-state index contributed by atoms with van der Waals surface area (Å²) < 4.78 is 52.0. The molecular formula is C45H37ClF3N3O7. The summed E-state index contributed by atoms with van der Waals surface area (Å²) in [4.78, 5) is 63.0. The summed E-state index contributed by atoms with van der Waals surface area (Å²) >= 11 is 6.33. The maximum absolute atomic E-state index is 15.2. The summed E-state index contributed by atoms with van der Waals surface area (Å²) in [6.07, 6.45) is 2.09. The molecule has 0 spiro atoms. The number of allylic oxidation sites excluding steroid dienone is 5. The Labute approximate surface area is 342 Å². The number of carbonyl (C=O) groups is 4. The van der Waals surface area contributed by atoms with Crippen LogP contribution in [0.1, 0.15) is 35.2 Å². The van der Waals surface area contributed by atoms with Crippen LogP contribution in [0.15, 0.2) is 109 Å². The van der Waals surface area contributed by atoms with E-state index in [9.17, 15) is 27.9 Å². The molecule has 4 aliphatic rings. The van der Waals surface area contributed by atoms with E-state index >= 15 is 9.59 Å². The number of imide groups is 1. The third-order valence-electron chi connectivity index (χ3n) is 12.1. The van der Waals surface area contributed by atoms with Gasteiger partial charge >= 0.3 is 6.18 Å². The lowest BCUT2D eigenvalue weighted by atomic mass is 9.45. The molecule has 3 aliphatic carbocycles. The molecule has 1 aliphatic heterocycles. The monoisotopic (exact) mass is 823 g/mol. The van der Waals surface area contributed by atoms with Crippen LogP contribution in [0, 0.1) is 29.6 Å². The minimum atomic E-state index is -4.82. The SMILES string of the molecule is COc1cc(C=CC2C3=CCC4C(=O)N(N(C)c5nc(C(F)(F)F)ccc5Cl)C(=O)C4C3CC3C(=O)C(c4ccccc4)=CC(=O)C23c2ccccc2)cc(OC)c1O. The van der Waals surface area contributed by atoms with E-state index in [0.717, 1.165) is 16.1 Å². The van der Waals surface area contributed by atoms with Gasteiger partial charge in [0.25, 0.3) is 11.8 Å². The lowest BCUT2D eigenvalue weighted by molar-refractivity contribution is -0.141. The number of pyridine rings is 1. The van der Waals surface area contributed by atoms with E-state index in [1.807, 2.05) is 30.4 Å². The van der Waals surface area contributed by atoms with Crippen LogP contribution in [-0.2, 0) is 30.8 Å². The second-order valence-electron chi connectivity index (χ2n) is 15.0. The normalized spacial score (nSPS) is 25.3. The molecule has 1 saturated carbocycles. The molecule has 8 rings (SSSR count). The number of methoxy groups -OCH3 is 2. The number of hydrazine groups is 1. The topological polar surface area (TPSA) is 126 Å². The van der Waals surface area contributed by atoms with Crippen molar-refractivity contribution in [1.29, 1.82) is 0 Å². The molecule has 14 heteroatoms. The Morgan fingerprint density at radius 2 is 1.56 bits per heavy atom. The van der Waals surface area contributed by atoms with Crippen molar-refractivity contribution < 1.29 is 46.9 Å². The summed E-state index contributed by atoms with van der Waals surface area (Å²) in [7, 11) is 4.04. The first kappa shape index (κ1) is 39.6. The van der Waals surface area contributed by atoms with Gasteiger partial charge in [-0.25, -0.2) is 4.98 Å². The number of amides is 2. The highest BCUT2D eigenvalue weighted by Gasteiger charge is 2.65. The van der Waals surface area contributed by atoms with Gasteiger partial charge in [-0.05, 0) is 65.8 Å². The Kier molecular flexibility index (Phi) is 9.98. The highest BCUT2D eigenvalue weighted by molar-refractivity contribution is 6.33. The minimum absolute atomic E-state index is 0.0149. The fraction of sp³-hybridized carbons (Fsp3) is 0.267. The van der Waals surface area contributed by atoms with Crippen molar-refractivity contribution in [3.63, 3.8) is 0 Å². The number of carbonyl (C=O) groups excluding carboxylic acids is 4. The Morgan fingerprint density at radius 3 is 2.19 bits per heavy atom. The van der Waals surface area contributed by atoms with Crippen molar-refractivity contribution >= 4 is 52.4 Å². The zero-order valence-corrected chi connectivity index (χ0v) is 32.7. The molecular weight excluding hydrogens is 787 g/mol. The van der Waals surface area contributed by atoms with Crippen molar-refractivity contribution in [3.05, 3.63) is 136 Å². The number of alkyl halides is 3. The van der Waals surface area contributed by atoms with Crippen LogP contribution in [0.5, 0.6) is 17.2 Å². The number of nitrogens with zero attached hydrogens (tertiary/aromatic N) is 3. The summed E-state index contributed by atoms with van der Waals surface area (Å²) in [5.74, 6) is -6.93. The summed E-state index contributed by atoms with van der Waals surface area (Å²) in [5, 5.41) is 12.2. The molecule has 1 saturated heterocycles. The standard InChI is InChI=1S/C45H37ClF3N3O7/c1-51(41-33(46)18-19-36(50-41)45(47,48)49)52-42(56)28-16-15-27-30(38(28)43(52)57)22-32-39(54)29(25-10-6-4-7-11-25)23-37(53)44(32,26-12-8-5-9-13-26)31(27)17-14-24-20-34(58-2)40(55)35(21-24)59-3/h4-15,17-21,23,28,30-32,38,55H,16,22H2,1-3H3. The van der Waals surface area contributed by atoms with Crippen LogP contribution in [0.2, 0.25) is 5.02 Å². The first-order valence-electron chi connectivity index (χ1n) is 18.8. The van der Waals surface area contributed by atoms with Crippen molar-refractivity contribution in [1.82, 2.24) is 9.99 Å². The number of ether oxygens (including phenoxy) is 2. The van der Waals surface area contributed by atoms with Gasteiger partial charge < -0.3 is 14.6 Å². The van der Waals surface area contributed by atoms with Gasteiger partial charge in [0.2, 0.25) is 5.75 Å². The lowest BCUT2D eigenvalue weighted by Crippen LogP contribution is -2.59. The first-order chi connectivity index (χ1) is 28.2. The fourth-order valence-corrected chi connectivity index (χ4v) is 9.76. The molecule has 6 unspecified atom stereocenters. The number of fused-ring (bicyclic) bond motifs is 4. The van der Waals surface area contributed by atoms with Gasteiger partial charge in [-0.15, -0.1) is 0 Å². The molecule has 2 heterocycles. The number of hydrogen-bond donors (Lipinski definition) is 1. The van der Waals surface area contributed by atoms with E-state index in [1.165, 1.54) is 27.3 Å². The summed E-state index contributed by atoms with van der Waals surface area (Å²) in [6, 6.07) is 22.8. The smallest absolute Gasteiger partial charge is 0.433 e. The molecule has 0 radical (unpaired) electrons. The zero-order valence-electron chi connectivity index (χ0n) is 31.9. The number of phenols is 1. The molecule has 6 atom stereocenters. The van der Waals surface area contributed by atoms with E-state index < -0.39 is 64.5 Å². The number of phenolic OH excluding ortho intramolecular Hbond substituents is 1. The first-order valence-corrected chi connectivity index (χ1v) is 19.2. The molecule has 302 valence electrons. The Balaban J connectivity index is 1.30. The van der Waals surface area contributed by atoms with Crippen molar-refractivity contribution in [2.45, 2.75) is 24.4 Å². The number of rotatable bonds is 8. The molecule has 1 N–H and O–H groups in total. The number of anilines is 1. The van der Waals surface area contributed by atoms with Crippen LogP contribution in [0.4, 0.5) is 19.0 Å². The highest BCUT2D eigenvalue weighted by atomic mass is 35.5. The minimum Gasteiger partial charge on any atom is -0.502 e. The second-order valence-corrected chi connectivity index (χ2v) is 15.4. The van der Waals surface area contributed by atoms with Gasteiger partial charge in [0.1, 0.15) is 5.69 Å². The predicted molar refractivity (Wildman–Crippen MR) is 212 cm³/mol. The van der Waals surface area contributed by atoms with E-state index in [4.69, 9.17) is 21.1 Å². The largest absolute Gasteiger partial charge is 0.502 e. The number of benzene rings is 3. The maximum Gasteiger partial charge on any atom is 0.433 e. The number of ketones is 2. The Bertz CT molecular complexity index is 2460. The molecule has 0 bridgehead atoms. The van der Waals surface area contributed by atoms with Crippen molar-refractivity contribution in [2.75, 3.05) is 26.3 Å². The predicted octanol–water partition coefficient (Wildman–Crippen LogP) is 7.90. The number of halogens is 4. The quantitative estimate of drug-likeness (QED) is 0.140. The molecule has 2 fully saturated rings. The number of hydrogen-bond acceptors (Lipinski definition) is 9. The van der Waals surface area contributed by atoms with Gasteiger partial charge in [0.05, 0.1) is 36.5 Å². The average Bonchev–Trinajstić information content (AvgIpc) is 3.49. The van der Waals surface area contributed by atoms with Crippen LogP contribution in [0.3, 0.4) is 0 Å². The van der Waals surface area contributed by atoms with Crippen LogP contribution in [0.25, 0.3) is 11.6 Å². The van der Waals surface area contributed by atoms with E-state index in [1.54, 1.807) is 60.7 Å². The number of aromatic nitrogens is 1. The number of Topliss-reactive ketones (excluding diaryl/α,β-unsaturated/α-hetero) is 1. The van der Waals surface area contributed by atoms with Gasteiger partial charge in [-0.3, -0.25) is 24.2 Å². The third-order valence-corrected chi connectivity index (χ3v) is 12.4. The average molecular weight is 824 g/mol. The van der Waals surface area contributed by atoms with Gasteiger partial charge in [-0.2, -0.15) is 18.2 Å². The molecule has 10 nitrogen and oxygen atoms in total. The second kappa shape index (κ2) is 14.9. The van der Waals surface area contributed by atoms with E-state index in [-0.39, 0.29) is 52.3 Å². The molecule has 3 aromatic carbocycles. The van der Waals surface area contributed by atoms with E-state index in [0.29, 0.717) is 28.3 Å². The van der Waals surface area contributed by atoms with Gasteiger partial charge in [0.15, 0.2) is 28.9 Å². The van der Waals surface area contributed by atoms with E-state index in [2.05, 4.69) is 4.98 Å². The summed E-state index contributed by atoms with van der Waals surface area (Å²) in [5.41, 5.74) is -0.184. The Hall–Kier alpha value is -6.21. The third kappa shape index (κ3) is 6.30. The molecule has 59 heavy (non-hydrogen) atoms. The van der Waals surface area contributed by atoms with Crippen LogP contribution in [-0.4, -0.2) is 59.7 Å². The van der Waals surface area contributed by atoms with Gasteiger partial charge in [0, 0.05) is 24.5 Å². The fourth-order valence-electron chi connectivity index (χ4n) is 9.53. The van der Waals surface area contributed by atoms with Crippen molar-refractivity contribution in [2.24, 2.45) is 29.6 Å². The number of aromatic hydroxyl groups is 1. The molecule has 2 amide bonds. The summed E-state index contributed by atoms with van der Waals surface area (Å²) in [6.45, 7) is 0. The van der Waals surface area contributed by atoms with Crippen molar-refractivity contribution in [3.8, 4) is 17.2 Å². The zero-order chi connectivity index (χ0) is 42.0. The molecule has 1 aromatic heterocycles. The maximum atomic E-state index is 15.2.